The van der Waals surface area contributed by atoms with Crippen molar-refractivity contribution in [3.8, 4) is 23.0 Å². The van der Waals surface area contributed by atoms with Crippen LogP contribution in [0.2, 0.25) is 0 Å². The SMILES string of the molecule is C=O.CO.COc1ccc(C=O)cc1.COc1ccc(OC(=O)c2ccc(O)cc2)c(C)c1. The summed E-state index contributed by atoms with van der Waals surface area (Å²) in [5, 5.41) is 16.2. The molecule has 2 N–H and O–H groups in total. The third-order valence-corrected chi connectivity index (χ3v) is 3.94. The maximum Gasteiger partial charge on any atom is 0.343 e. The fourth-order valence-corrected chi connectivity index (χ4v) is 2.30. The molecule has 0 bridgehead atoms. The van der Waals surface area contributed by atoms with Crippen LogP contribution >= 0.6 is 0 Å². The molecule has 3 aromatic carbocycles. The molecule has 0 saturated heterocycles. The molecule has 3 rings (SSSR count). The lowest BCUT2D eigenvalue weighted by molar-refractivity contribution is -0.0980. The molecule has 0 aliphatic heterocycles. The van der Waals surface area contributed by atoms with Crippen molar-refractivity contribution in [1.29, 1.82) is 0 Å². The highest BCUT2D eigenvalue weighted by Gasteiger charge is 2.10. The largest absolute Gasteiger partial charge is 0.508 e. The van der Waals surface area contributed by atoms with E-state index in [9.17, 15) is 9.59 Å². The van der Waals surface area contributed by atoms with Crippen LogP contribution in [0, 0.1) is 6.92 Å². The van der Waals surface area contributed by atoms with Gasteiger partial charge in [-0.2, -0.15) is 0 Å². The van der Waals surface area contributed by atoms with E-state index >= 15 is 0 Å². The van der Waals surface area contributed by atoms with Crippen molar-refractivity contribution in [2.45, 2.75) is 6.92 Å². The lowest BCUT2D eigenvalue weighted by Gasteiger charge is -2.09. The molecule has 0 amide bonds. The smallest absolute Gasteiger partial charge is 0.343 e. The van der Waals surface area contributed by atoms with Gasteiger partial charge in [-0.05, 0) is 79.2 Å². The monoisotopic (exact) mass is 456 g/mol. The fraction of sp³-hybridized carbons (Fsp3) is 0.160. The van der Waals surface area contributed by atoms with Gasteiger partial charge in [0.25, 0.3) is 0 Å². The predicted octanol–water partition coefficient (Wildman–Crippen LogP) is 3.86. The first-order chi connectivity index (χ1) is 16.0. The van der Waals surface area contributed by atoms with Crippen molar-refractivity contribution < 1.29 is 38.8 Å². The third kappa shape index (κ3) is 10.1. The summed E-state index contributed by atoms with van der Waals surface area (Å²) < 4.78 is 15.3. The topological polar surface area (TPSA) is 119 Å². The second-order valence-corrected chi connectivity index (χ2v) is 5.96. The van der Waals surface area contributed by atoms with Crippen LogP contribution in [-0.4, -0.2) is 50.6 Å². The van der Waals surface area contributed by atoms with Gasteiger partial charge in [-0.3, -0.25) is 4.79 Å². The lowest BCUT2D eigenvalue weighted by atomic mass is 10.2. The van der Waals surface area contributed by atoms with Crippen LogP contribution < -0.4 is 14.2 Å². The molecule has 0 aliphatic rings. The van der Waals surface area contributed by atoms with Crippen molar-refractivity contribution in [3.05, 3.63) is 83.4 Å². The fourth-order valence-electron chi connectivity index (χ4n) is 2.30. The molecule has 0 saturated carbocycles. The number of aliphatic hydroxyl groups is 1. The van der Waals surface area contributed by atoms with Crippen molar-refractivity contribution in [2.75, 3.05) is 21.3 Å². The number of aryl methyl sites for hydroxylation is 1. The van der Waals surface area contributed by atoms with Crippen LogP contribution in [0.25, 0.3) is 0 Å². The zero-order chi connectivity index (χ0) is 25.2. The Balaban J connectivity index is 0.000000617. The molecule has 0 spiro atoms. The number of hydrogen-bond donors (Lipinski definition) is 2. The van der Waals surface area contributed by atoms with E-state index in [4.69, 9.17) is 29.2 Å². The van der Waals surface area contributed by atoms with Gasteiger partial charge in [0.15, 0.2) is 0 Å². The van der Waals surface area contributed by atoms with E-state index in [0.717, 1.165) is 24.7 Å². The van der Waals surface area contributed by atoms with Crippen LogP contribution in [-0.2, 0) is 4.79 Å². The predicted molar refractivity (Wildman–Crippen MR) is 124 cm³/mol. The Morgan fingerprint density at radius 1 is 0.848 bits per heavy atom. The molecule has 0 unspecified atom stereocenters. The number of aliphatic hydroxyl groups excluding tert-OH is 1. The first kappa shape index (κ1) is 28.8. The van der Waals surface area contributed by atoms with E-state index in [1.807, 2.05) is 13.7 Å². The number of carbonyl (C=O) groups excluding carboxylic acids is 3. The minimum atomic E-state index is -0.465. The zero-order valence-corrected chi connectivity index (χ0v) is 19.0. The Labute approximate surface area is 193 Å². The van der Waals surface area contributed by atoms with Gasteiger partial charge >= 0.3 is 5.97 Å². The summed E-state index contributed by atoms with van der Waals surface area (Å²) in [5.74, 6) is 1.61. The summed E-state index contributed by atoms with van der Waals surface area (Å²) in [6, 6.07) is 18.0. The van der Waals surface area contributed by atoms with Crippen LogP contribution in [0.5, 0.6) is 23.0 Å². The quantitative estimate of drug-likeness (QED) is 0.337. The van der Waals surface area contributed by atoms with Crippen molar-refractivity contribution in [1.82, 2.24) is 0 Å². The van der Waals surface area contributed by atoms with E-state index in [0.29, 0.717) is 22.6 Å². The van der Waals surface area contributed by atoms with Crippen LogP contribution in [0.1, 0.15) is 26.3 Å². The zero-order valence-electron chi connectivity index (χ0n) is 19.0. The molecule has 0 aliphatic carbocycles. The standard InChI is InChI=1S/C15H14O4.C8H8O2.CH4O.CH2O/c1-10-9-13(18-2)7-8-14(10)19-15(17)11-3-5-12(16)6-4-11;1-10-8-4-2-7(6-9)3-5-8;2*1-2/h3-9,16H,1-2H3;2-6H,1H3;2H,1H3;1H2. The van der Waals surface area contributed by atoms with Crippen LogP contribution in [0.15, 0.2) is 66.7 Å². The number of carbonyl (C=O) groups is 3. The highest BCUT2D eigenvalue weighted by molar-refractivity contribution is 5.91. The number of hydrogen-bond acceptors (Lipinski definition) is 8. The second-order valence-electron chi connectivity index (χ2n) is 5.96. The van der Waals surface area contributed by atoms with Crippen LogP contribution in [0.4, 0.5) is 0 Å². The summed E-state index contributed by atoms with van der Waals surface area (Å²) in [4.78, 5) is 30.1. The molecule has 0 heterocycles. The van der Waals surface area contributed by atoms with E-state index in [-0.39, 0.29) is 5.75 Å². The molecule has 3 aromatic rings. The third-order valence-electron chi connectivity index (χ3n) is 3.94. The number of ether oxygens (including phenoxy) is 3. The number of phenols is 1. The molecule has 8 heteroatoms. The van der Waals surface area contributed by atoms with E-state index < -0.39 is 5.97 Å². The number of benzene rings is 3. The molecular weight excluding hydrogens is 428 g/mol. The van der Waals surface area contributed by atoms with Crippen molar-refractivity contribution in [3.63, 3.8) is 0 Å². The van der Waals surface area contributed by atoms with E-state index in [1.165, 1.54) is 24.3 Å². The Morgan fingerprint density at radius 3 is 1.82 bits per heavy atom. The normalized spacial score (nSPS) is 8.76. The highest BCUT2D eigenvalue weighted by atomic mass is 16.5. The molecule has 33 heavy (non-hydrogen) atoms. The Bertz CT molecular complexity index is 967. The number of esters is 1. The van der Waals surface area contributed by atoms with Gasteiger partial charge in [-0.1, -0.05) is 0 Å². The first-order valence-electron chi connectivity index (χ1n) is 9.45. The van der Waals surface area contributed by atoms with Gasteiger partial charge in [0.05, 0.1) is 19.8 Å². The number of methoxy groups -OCH3 is 2. The average Bonchev–Trinajstić information content (AvgIpc) is 2.88. The molecule has 0 aromatic heterocycles. The maximum atomic E-state index is 11.9. The van der Waals surface area contributed by atoms with Gasteiger partial charge in [0.2, 0.25) is 0 Å². The second kappa shape index (κ2) is 16.5. The Hall–Kier alpha value is -4.17. The molecule has 0 radical (unpaired) electrons. The summed E-state index contributed by atoms with van der Waals surface area (Å²) in [6.07, 6.45) is 0.805. The average molecular weight is 456 g/mol. The number of rotatable bonds is 5. The summed E-state index contributed by atoms with van der Waals surface area (Å²) in [6.45, 7) is 3.84. The summed E-state index contributed by atoms with van der Waals surface area (Å²) in [5.41, 5.74) is 1.86. The molecule has 8 nitrogen and oxygen atoms in total. The van der Waals surface area contributed by atoms with Gasteiger partial charge in [-0.25, -0.2) is 4.79 Å². The number of phenolic OH excluding ortho intramolecular Hbond substituents is 1. The van der Waals surface area contributed by atoms with E-state index in [2.05, 4.69) is 0 Å². The number of aromatic hydroxyl groups is 1. The van der Waals surface area contributed by atoms with Crippen molar-refractivity contribution >= 4 is 19.0 Å². The summed E-state index contributed by atoms with van der Waals surface area (Å²) in [7, 11) is 4.17. The van der Waals surface area contributed by atoms with Gasteiger partial charge in [0.1, 0.15) is 36.1 Å². The molecular formula is C25H28O8. The van der Waals surface area contributed by atoms with Gasteiger partial charge < -0.3 is 29.2 Å². The number of aldehydes is 1. The first-order valence-corrected chi connectivity index (χ1v) is 9.45. The highest BCUT2D eigenvalue weighted by Crippen LogP contribution is 2.24. The lowest BCUT2D eigenvalue weighted by Crippen LogP contribution is -2.09. The Morgan fingerprint density at radius 2 is 1.36 bits per heavy atom. The minimum Gasteiger partial charge on any atom is -0.508 e. The summed E-state index contributed by atoms with van der Waals surface area (Å²) >= 11 is 0. The van der Waals surface area contributed by atoms with Crippen molar-refractivity contribution in [2.24, 2.45) is 0 Å². The van der Waals surface area contributed by atoms with Gasteiger partial charge in [-0.15, -0.1) is 0 Å². The molecule has 0 atom stereocenters. The molecule has 176 valence electrons. The Kier molecular flexibility index (Phi) is 14.4. The van der Waals surface area contributed by atoms with Crippen LogP contribution in [0.3, 0.4) is 0 Å². The van der Waals surface area contributed by atoms with Gasteiger partial charge in [0, 0.05) is 12.7 Å². The minimum absolute atomic E-state index is 0.108. The van der Waals surface area contributed by atoms with E-state index in [1.54, 1.807) is 56.7 Å². The molecule has 0 fully saturated rings. The maximum absolute atomic E-state index is 11.9.